The minimum atomic E-state index is -0.494. The Labute approximate surface area is 218 Å². The molecule has 0 aliphatic heterocycles. The number of nitrogens with one attached hydrogen (secondary N) is 1. The zero-order valence-electron chi connectivity index (χ0n) is 19.8. The summed E-state index contributed by atoms with van der Waals surface area (Å²) in [6, 6.07) is 6.03. The topological polar surface area (TPSA) is 133 Å². The zero-order valence-corrected chi connectivity index (χ0v) is 21.4. The molecule has 0 radical (unpaired) electrons. The van der Waals surface area contributed by atoms with Crippen molar-refractivity contribution in [3.05, 3.63) is 72.4 Å². The lowest BCUT2D eigenvalue weighted by Crippen LogP contribution is -2.28. The molecule has 0 saturated heterocycles. The molecule has 0 atom stereocenters. The van der Waals surface area contributed by atoms with Gasteiger partial charge in [-0.25, -0.2) is 9.78 Å². The molecule has 5 rings (SSSR count). The number of esters is 1. The number of hydrogen-bond donors (Lipinski definition) is 1. The van der Waals surface area contributed by atoms with Gasteiger partial charge in [0.1, 0.15) is 16.4 Å². The molecule has 0 fully saturated rings. The first-order valence-electron chi connectivity index (χ1n) is 11.7. The number of aromatic nitrogens is 2. The highest BCUT2D eigenvalue weighted by Gasteiger charge is 2.27. The van der Waals surface area contributed by atoms with Gasteiger partial charge in [0.2, 0.25) is 5.91 Å². The smallest absolute Gasteiger partial charge is 0.341 e. The first-order chi connectivity index (χ1) is 17.9. The number of aryl methyl sites for hydroxylation is 1. The van der Waals surface area contributed by atoms with Crippen LogP contribution in [0.25, 0.3) is 21.3 Å². The van der Waals surface area contributed by atoms with E-state index in [4.69, 9.17) is 4.74 Å². The number of anilines is 1. The molecular formula is C25H22N4O6S2. The van der Waals surface area contributed by atoms with Crippen LogP contribution in [0.15, 0.2) is 40.8 Å². The van der Waals surface area contributed by atoms with Gasteiger partial charge in [0.15, 0.2) is 0 Å². The molecule has 1 aromatic carbocycles. The molecule has 0 spiro atoms. The number of non-ortho nitro benzene ring substituents is 1. The third-order valence-electron chi connectivity index (χ3n) is 6.15. The van der Waals surface area contributed by atoms with E-state index in [-0.39, 0.29) is 18.8 Å². The monoisotopic (exact) mass is 538 g/mol. The van der Waals surface area contributed by atoms with Crippen LogP contribution in [-0.4, -0.2) is 33.0 Å². The van der Waals surface area contributed by atoms with Gasteiger partial charge >= 0.3 is 5.97 Å². The second-order valence-electron chi connectivity index (χ2n) is 8.50. The van der Waals surface area contributed by atoms with Crippen molar-refractivity contribution in [3.63, 3.8) is 0 Å². The number of rotatable bonds is 7. The predicted octanol–water partition coefficient (Wildman–Crippen LogP) is 4.79. The maximum absolute atomic E-state index is 13.4. The number of fused-ring (bicyclic) bond motifs is 2. The van der Waals surface area contributed by atoms with Gasteiger partial charge in [0.05, 0.1) is 28.8 Å². The summed E-state index contributed by atoms with van der Waals surface area (Å²) in [5.74, 6) is -0.933. The van der Waals surface area contributed by atoms with Gasteiger partial charge in [-0.3, -0.25) is 24.3 Å². The van der Waals surface area contributed by atoms with E-state index in [0.717, 1.165) is 36.1 Å². The molecule has 4 aromatic rings. The highest BCUT2D eigenvalue weighted by molar-refractivity contribution is 7.17. The molecule has 0 saturated carbocycles. The summed E-state index contributed by atoms with van der Waals surface area (Å²) >= 11 is 2.63. The Morgan fingerprint density at radius 3 is 2.86 bits per heavy atom. The summed E-state index contributed by atoms with van der Waals surface area (Å²) in [6.45, 7) is 1.65. The van der Waals surface area contributed by atoms with Crippen LogP contribution in [0.1, 0.15) is 40.6 Å². The average Bonchev–Trinajstić information content (AvgIpc) is 3.47. The van der Waals surface area contributed by atoms with Crippen LogP contribution < -0.4 is 10.9 Å². The first-order valence-corrected chi connectivity index (χ1v) is 13.4. The van der Waals surface area contributed by atoms with Crippen molar-refractivity contribution in [2.75, 3.05) is 11.9 Å². The molecule has 3 heterocycles. The molecule has 0 unspecified atom stereocenters. The fourth-order valence-corrected chi connectivity index (χ4v) is 6.67. The third kappa shape index (κ3) is 4.77. The number of benzene rings is 1. The second-order valence-corrected chi connectivity index (χ2v) is 10.5. The van der Waals surface area contributed by atoms with Gasteiger partial charge < -0.3 is 10.1 Å². The molecule has 1 N–H and O–H groups in total. The molecule has 190 valence electrons. The molecule has 10 nitrogen and oxygen atoms in total. The van der Waals surface area contributed by atoms with Crippen molar-refractivity contribution in [3.8, 4) is 11.1 Å². The minimum Gasteiger partial charge on any atom is -0.462 e. The number of carbonyl (C=O) groups excluding carboxylic acids is 2. The van der Waals surface area contributed by atoms with Gasteiger partial charge in [-0.2, -0.15) is 0 Å². The Morgan fingerprint density at radius 1 is 1.27 bits per heavy atom. The van der Waals surface area contributed by atoms with Crippen molar-refractivity contribution in [1.82, 2.24) is 9.55 Å². The second kappa shape index (κ2) is 10.2. The molecular weight excluding hydrogens is 516 g/mol. The highest BCUT2D eigenvalue weighted by Crippen LogP contribution is 2.38. The molecule has 37 heavy (non-hydrogen) atoms. The van der Waals surface area contributed by atoms with E-state index >= 15 is 0 Å². The first kappa shape index (κ1) is 24.8. The van der Waals surface area contributed by atoms with Crippen LogP contribution in [0.3, 0.4) is 0 Å². The Hall–Kier alpha value is -3.90. The molecule has 1 aliphatic rings. The van der Waals surface area contributed by atoms with E-state index in [1.807, 2.05) is 0 Å². The van der Waals surface area contributed by atoms with Crippen LogP contribution in [0.5, 0.6) is 0 Å². The summed E-state index contributed by atoms with van der Waals surface area (Å²) < 4.78 is 6.44. The van der Waals surface area contributed by atoms with Gasteiger partial charge in [-0.15, -0.1) is 22.7 Å². The van der Waals surface area contributed by atoms with E-state index < -0.39 is 22.4 Å². The van der Waals surface area contributed by atoms with Crippen molar-refractivity contribution in [2.24, 2.45) is 0 Å². The Balaban J connectivity index is 1.45. The normalized spacial score (nSPS) is 12.8. The van der Waals surface area contributed by atoms with E-state index in [1.54, 1.807) is 24.4 Å². The summed E-state index contributed by atoms with van der Waals surface area (Å²) in [7, 11) is 0. The van der Waals surface area contributed by atoms with Gasteiger partial charge in [-0.1, -0.05) is 12.1 Å². The molecule has 12 heteroatoms. The van der Waals surface area contributed by atoms with E-state index in [2.05, 4.69) is 10.3 Å². The third-order valence-corrected chi connectivity index (χ3v) is 8.24. The number of nitro groups is 1. The minimum absolute atomic E-state index is 0.0866. The van der Waals surface area contributed by atoms with Crippen LogP contribution in [-0.2, 0) is 28.9 Å². The lowest BCUT2D eigenvalue weighted by molar-refractivity contribution is -0.384. The maximum atomic E-state index is 13.4. The SMILES string of the molecule is CCOC(=O)c1c(NC(=O)Cn2cnc3scc(-c4cccc([N+](=O)[O-])c4)c3c2=O)sc2c1CCCC2. The molecule has 1 aliphatic carbocycles. The lowest BCUT2D eigenvalue weighted by Gasteiger charge is -2.12. The Bertz CT molecular complexity index is 1600. The average molecular weight is 539 g/mol. The fourth-order valence-electron chi connectivity index (χ4n) is 4.47. The standard InChI is InChI=1S/C25H22N4O6S2/c1-2-35-25(32)21-16-8-3-4-9-18(16)37-23(21)27-19(30)11-28-13-26-22-20(24(28)31)17(12-36-22)14-6-5-7-15(10-14)29(33)34/h5-7,10,12-13H,2-4,8-9,11H2,1H3,(H,27,30). The van der Waals surface area contributed by atoms with Crippen LogP contribution >= 0.6 is 22.7 Å². The summed E-state index contributed by atoms with van der Waals surface area (Å²) in [5.41, 5.74) is 1.86. The number of ether oxygens (including phenoxy) is 1. The highest BCUT2D eigenvalue weighted by atomic mass is 32.1. The largest absolute Gasteiger partial charge is 0.462 e. The van der Waals surface area contributed by atoms with Crippen molar-refractivity contribution in [2.45, 2.75) is 39.2 Å². The predicted molar refractivity (Wildman–Crippen MR) is 142 cm³/mol. The Kier molecular flexibility index (Phi) is 6.85. The number of hydrogen-bond acceptors (Lipinski definition) is 9. The number of amides is 1. The summed E-state index contributed by atoms with van der Waals surface area (Å²) in [6.07, 6.45) is 4.91. The van der Waals surface area contributed by atoms with Crippen molar-refractivity contribution < 1.29 is 19.2 Å². The molecule has 3 aromatic heterocycles. The fraction of sp³-hybridized carbons (Fsp3) is 0.280. The summed E-state index contributed by atoms with van der Waals surface area (Å²) in [5, 5.41) is 16.5. The quantitative estimate of drug-likeness (QED) is 0.203. The van der Waals surface area contributed by atoms with Crippen LogP contribution in [0, 0.1) is 10.1 Å². The number of nitro benzene ring substituents is 1. The molecule has 1 amide bonds. The zero-order chi connectivity index (χ0) is 26.1. The van der Waals surface area contributed by atoms with Crippen LogP contribution in [0.2, 0.25) is 0 Å². The number of nitrogens with zero attached hydrogens (tertiary/aromatic N) is 3. The van der Waals surface area contributed by atoms with Gasteiger partial charge in [0, 0.05) is 28.0 Å². The Morgan fingerprint density at radius 2 is 2.08 bits per heavy atom. The van der Waals surface area contributed by atoms with E-state index in [0.29, 0.717) is 31.9 Å². The lowest BCUT2D eigenvalue weighted by atomic mass is 9.95. The molecule has 0 bridgehead atoms. The maximum Gasteiger partial charge on any atom is 0.341 e. The van der Waals surface area contributed by atoms with Crippen LogP contribution in [0.4, 0.5) is 10.7 Å². The van der Waals surface area contributed by atoms with Crippen molar-refractivity contribution >= 4 is 55.5 Å². The summed E-state index contributed by atoms with van der Waals surface area (Å²) in [4.78, 5) is 55.6. The number of carbonyl (C=O) groups is 2. The van der Waals surface area contributed by atoms with E-state index in [1.165, 1.54) is 45.7 Å². The van der Waals surface area contributed by atoms with Gasteiger partial charge in [0.25, 0.3) is 11.2 Å². The van der Waals surface area contributed by atoms with Crippen molar-refractivity contribution in [1.29, 1.82) is 0 Å². The van der Waals surface area contributed by atoms with E-state index in [9.17, 15) is 24.5 Å². The number of thiophene rings is 2. The van der Waals surface area contributed by atoms with Gasteiger partial charge in [-0.05, 0) is 43.7 Å².